The van der Waals surface area contributed by atoms with Crippen LogP contribution < -0.4 is 16.0 Å². The Labute approximate surface area is 144 Å². The average Bonchev–Trinajstić information content (AvgIpc) is 2.62. The van der Waals surface area contributed by atoms with Gasteiger partial charge in [-0.25, -0.2) is 9.97 Å². The molecule has 0 amide bonds. The molecule has 1 aliphatic rings. The number of benzene rings is 1. The summed E-state index contributed by atoms with van der Waals surface area (Å²) in [7, 11) is 0. The number of nitrogens with zero attached hydrogens (tertiary/aromatic N) is 3. The molecule has 3 rings (SSSR count). The van der Waals surface area contributed by atoms with Crippen molar-refractivity contribution in [1.82, 2.24) is 9.97 Å². The van der Waals surface area contributed by atoms with Gasteiger partial charge in [0.15, 0.2) is 0 Å². The highest BCUT2D eigenvalue weighted by Gasteiger charge is 2.41. The maximum atomic E-state index is 12.7. The van der Waals surface area contributed by atoms with Gasteiger partial charge in [-0.05, 0) is 30.5 Å². The summed E-state index contributed by atoms with van der Waals surface area (Å²) in [6, 6.07) is 7.66. The van der Waals surface area contributed by atoms with Gasteiger partial charge in [0.25, 0.3) is 0 Å². The van der Waals surface area contributed by atoms with E-state index in [1.807, 2.05) is 29.2 Å². The summed E-state index contributed by atoms with van der Waals surface area (Å²) < 4.78 is 38.2. The van der Waals surface area contributed by atoms with Crippen molar-refractivity contribution in [3.63, 3.8) is 0 Å². The van der Waals surface area contributed by atoms with E-state index in [0.717, 1.165) is 11.3 Å². The van der Waals surface area contributed by atoms with Gasteiger partial charge in [0, 0.05) is 25.3 Å². The lowest BCUT2D eigenvalue weighted by Crippen LogP contribution is -2.39. The first kappa shape index (κ1) is 17.5. The first-order valence-corrected chi connectivity index (χ1v) is 8.15. The number of hydrogen-bond donors (Lipinski definition) is 2. The average molecular weight is 351 g/mol. The van der Waals surface area contributed by atoms with Gasteiger partial charge in [-0.1, -0.05) is 12.1 Å². The lowest BCUT2D eigenvalue weighted by atomic mass is 9.96. The molecule has 0 saturated carbocycles. The molecule has 1 saturated heterocycles. The monoisotopic (exact) mass is 351 g/mol. The molecular weight excluding hydrogens is 331 g/mol. The topological polar surface area (TPSA) is 67.1 Å². The van der Waals surface area contributed by atoms with Crippen molar-refractivity contribution in [2.75, 3.05) is 23.3 Å². The molecule has 0 radical (unpaired) electrons. The quantitative estimate of drug-likeness (QED) is 0.883. The predicted molar refractivity (Wildman–Crippen MR) is 90.6 cm³/mol. The van der Waals surface area contributed by atoms with E-state index in [1.165, 1.54) is 0 Å². The molecule has 3 N–H and O–H groups in total. The molecule has 1 aromatic heterocycles. The highest BCUT2D eigenvalue weighted by atomic mass is 19.4. The van der Waals surface area contributed by atoms with Crippen LogP contribution in [0.1, 0.15) is 18.4 Å². The third-order valence-electron chi connectivity index (χ3n) is 4.38. The summed E-state index contributed by atoms with van der Waals surface area (Å²) >= 11 is 0. The molecule has 0 unspecified atom stereocenters. The SMILES string of the molecule is NCc1ccc(Nc2cnc(N3CCC(C(F)(F)F)CC3)cn2)cc1. The van der Waals surface area contributed by atoms with Crippen LogP contribution in [0.3, 0.4) is 0 Å². The molecule has 25 heavy (non-hydrogen) atoms. The summed E-state index contributed by atoms with van der Waals surface area (Å²) in [5.74, 6) is -0.0341. The Bertz CT molecular complexity index is 677. The molecule has 1 aliphatic heterocycles. The molecule has 8 heteroatoms. The molecule has 0 atom stereocenters. The fourth-order valence-corrected chi connectivity index (χ4v) is 2.86. The minimum atomic E-state index is -4.11. The van der Waals surface area contributed by atoms with Crippen LogP contribution in [-0.4, -0.2) is 29.2 Å². The second kappa shape index (κ2) is 7.26. The summed E-state index contributed by atoms with van der Waals surface area (Å²) in [5, 5.41) is 3.13. The minimum absolute atomic E-state index is 0.0959. The zero-order valence-corrected chi connectivity index (χ0v) is 13.6. The summed E-state index contributed by atoms with van der Waals surface area (Å²) in [6.07, 6.45) is -0.741. The summed E-state index contributed by atoms with van der Waals surface area (Å²) in [5.41, 5.74) is 7.46. The Kier molecular flexibility index (Phi) is 5.08. The summed E-state index contributed by atoms with van der Waals surface area (Å²) in [6.45, 7) is 1.16. The molecule has 2 heterocycles. The van der Waals surface area contributed by atoms with Crippen molar-refractivity contribution in [3.05, 3.63) is 42.2 Å². The standard InChI is InChI=1S/C17H20F3N5/c18-17(19,20)13-5-7-25(8-6-13)16-11-22-15(10-23-16)24-14-3-1-12(9-21)2-4-14/h1-4,10-11,13H,5-9,21H2,(H,22,24). The number of hydrogen-bond acceptors (Lipinski definition) is 5. The van der Waals surface area contributed by atoms with Crippen molar-refractivity contribution >= 4 is 17.3 Å². The Hall–Kier alpha value is -2.35. The first-order chi connectivity index (χ1) is 12.0. The van der Waals surface area contributed by atoms with Crippen LogP contribution in [0.25, 0.3) is 0 Å². The third-order valence-corrected chi connectivity index (χ3v) is 4.38. The van der Waals surface area contributed by atoms with Crippen LogP contribution in [0.15, 0.2) is 36.7 Å². The van der Waals surface area contributed by atoms with Crippen LogP contribution in [0.4, 0.5) is 30.5 Å². The van der Waals surface area contributed by atoms with Gasteiger partial charge in [-0.15, -0.1) is 0 Å². The predicted octanol–water partition coefficient (Wildman–Crippen LogP) is 3.46. The van der Waals surface area contributed by atoms with Gasteiger partial charge in [-0.3, -0.25) is 0 Å². The van der Waals surface area contributed by atoms with E-state index in [2.05, 4.69) is 15.3 Å². The van der Waals surface area contributed by atoms with Gasteiger partial charge in [0.05, 0.1) is 18.3 Å². The van der Waals surface area contributed by atoms with E-state index >= 15 is 0 Å². The van der Waals surface area contributed by atoms with Crippen molar-refractivity contribution < 1.29 is 13.2 Å². The van der Waals surface area contributed by atoms with Gasteiger partial charge < -0.3 is 16.0 Å². The van der Waals surface area contributed by atoms with Crippen LogP contribution in [0, 0.1) is 5.92 Å². The van der Waals surface area contributed by atoms with Crippen LogP contribution >= 0.6 is 0 Å². The van der Waals surface area contributed by atoms with Crippen LogP contribution in [0.2, 0.25) is 0 Å². The number of alkyl halides is 3. The van der Waals surface area contributed by atoms with Crippen LogP contribution in [0.5, 0.6) is 0 Å². The van der Waals surface area contributed by atoms with E-state index in [1.54, 1.807) is 12.4 Å². The molecule has 5 nitrogen and oxygen atoms in total. The van der Waals surface area contributed by atoms with Gasteiger partial charge in [-0.2, -0.15) is 13.2 Å². The molecule has 1 aromatic carbocycles. The lowest BCUT2D eigenvalue weighted by molar-refractivity contribution is -0.179. The number of aromatic nitrogens is 2. The van der Waals surface area contributed by atoms with E-state index in [4.69, 9.17) is 5.73 Å². The van der Waals surface area contributed by atoms with Crippen molar-refractivity contribution in [2.45, 2.75) is 25.6 Å². The Morgan fingerprint density at radius 3 is 2.28 bits per heavy atom. The zero-order valence-electron chi connectivity index (χ0n) is 13.6. The summed E-state index contributed by atoms with van der Waals surface area (Å²) in [4.78, 5) is 10.5. The van der Waals surface area contributed by atoms with Crippen molar-refractivity contribution in [3.8, 4) is 0 Å². The molecule has 0 bridgehead atoms. The molecule has 0 spiro atoms. The van der Waals surface area contributed by atoms with E-state index < -0.39 is 12.1 Å². The van der Waals surface area contributed by atoms with Crippen molar-refractivity contribution in [1.29, 1.82) is 0 Å². The smallest absolute Gasteiger partial charge is 0.355 e. The fourth-order valence-electron chi connectivity index (χ4n) is 2.86. The van der Waals surface area contributed by atoms with Crippen molar-refractivity contribution in [2.24, 2.45) is 11.7 Å². The Morgan fingerprint density at radius 2 is 1.76 bits per heavy atom. The second-order valence-corrected chi connectivity index (χ2v) is 6.09. The number of rotatable bonds is 4. The molecule has 1 fully saturated rings. The highest BCUT2D eigenvalue weighted by molar-refractivity contribution is 5.56. The fraction of sp³-hybridized carbons (Fsp3) is 0.412. The number of nitrogens with one attached hydrogen (secondary N) is 1. The normalized spacial score (nSPS) is 16.1. The van der Waals surface area contributed by atoms with Crippen LogP contribution in [-0.2, 0) is 6.54 Å². The molecule has 2 aromatic rings. The first-order valence-electron chi connectivity index (χ1n) is 8.15. The van der Waals surface area contributed by atoms with E-state index in [-0.39, 0.29) is 12.8 Å². The number of anilines is 3. The highest BCUT2D eigenvalue weighted by Crippen LogP contribution is 2.35. The Morgan fingerprint density at radius 1 is 1.08 bits per heavy atom. The lowest BCUT2D eigenvalue weighted by Gasteiger charge is -2.33. The minimum Gasteiger partial charge on any atom is -0.355 e. The second-order valence-electron chi connectivity index (χ2n) is 6.09. The number of halogens is 3. The third kappa shape index (κ3) is 4.39. The Balaban J connectivity index is 1.59. The largest absolute Gasteiger partial charge is 0.391 e. The van der Waals surface area contributed by atoms with Gasteiger partial charge in [0.1, 0.15) is 11.6 Å². The number of piperidine rings is 1. The molecule has 0 aliphatic carbocycles. The number of nitrogens with two attached hydrogens (primary N) is 1. The van der Waals surface area contributed by atoms with Gasteiger partial charge in [0.2, 0.25) is 0 Å². The van der Waals surface area contributed by atoms with Gasteiger partial charge >= 0.3 is 6.18 Å². The molecule has 134 valence electrons. The maximum absolute atomic E-state index is 12.7. The zero-order chi connectivity index (χ0) is 17.9. The maximum Gasteiger partial charge on any atom is 0.391 e. The van der Waals surface area contributed by atoms with E-state index in [9.17, 15) is 13.2 Å². The molecular formula is C17H20F3N5. The van der Waals surface area contributed by atoms with E-state index in [0.29, 0.717) is 31.3 Å².